The summed E-state index contributed by atoms with van der Waals surface area (Å²) in [6.07, 6.45) is 2.88. The van der Waals surface area contributed by atoms with Crippen LogP contribution in [0.3, 0.4) is 0 Å². The van der Waals surface area contributed by atoms with E-state index in [1.807, 2.05) is 23.1 Å². The second-order valence-electron chi connectivity index (χ2n) is 9.43. The predicted molar refractivity (Wildman–Crippen MR) is 124 cm³/mol. The molecule has 1 aliphatic heterocycles. The molecule has 1 fully saturated rings. The number of rotatable bonds is 7. The van der Waals surface area contributed by atoms with E-state index in [2.05, 4.69) is 69.2 Å². The fourth-order valence-electron chi connectivity index (χ4n) is 4.69. The van der Waals surface area contributed by atoms with E-state index in [0.29, 0.717) is 6.54 Å². The van der Waals surface area contributed by atoms with Gasteiger partial charge in [0.25, 0.3) is 0 Å². The van der Waals surface area contributed by atoms with Crippen LogP contribution in [0.2, 0.25) is 0 Å². The van der Waals surface area contributed by atoms with Crippen LogP contribution in [0.5, 0.6) is 0 Å². The highest BCUT2D eigenvalue weighted by Gasteiger charge is 2.42. The zero-order chi connectivity index (χ0) is 21.8. The molecule has 2 aromatic rings. The molecule has 0 spiro atoms. The maximum Gasteiger partial charge on any atom is 0.219 e. The van der Waals surface area contributed by atoms with Crippen molar-refractivity contribution < 1.29 is 9.53 Å². The molecule has 1 unspecified atom stereocenters. The molecule has 0 aromatic heterocycles. The molecule has 4 heteroatoms. The van der Waals surface area contributed by atoms with Crippen LogP contribution in [0.15, 0.2) is 54.6 Å². The van der Waals surface area contributed by atoms with Gasteiger partial charge >= 0.3 is 0 Å². The number of benzene rings is 2. The average molecular weight is 409 g/mol. The topological polar surface area (TPSA) is 32.8 Å². The molecule has 2 aromatic carbocycles. The van der Waals surface area contributed by atoms with E-state index in [-0.39, 0.29) is 16.9 Å². The second-order valence-corrected chi connectivity index (χ2v) is 9.43. The van der Waals surface area contributed by atoms with Gasteiger partial charge in [-0.1, -0.05) is 42.5 Å². The smallest absolute Gasteiger partial charge is 0.219 e. The van der Waals surface area contributed by atoms with Crippen molar-refractivity contribution in [1.82, 2.24) is 4.90 Å². The Labute approximate surface area is 181 Å². The van der Waals surface area contributed by atoms with Crippen LogP contribution >= 0.6 is 0 Å². The third kappa shape index (κ3) is 5.42. The van der Waals surface area contributed by atoms with Crippen LogP contribution in [0.25, 0.3) is 0 Å². The summed E-state index contributed by atoms with van der Waals surface area (Å²) < 4.78 is 6.07. The lowest BCUT2D eigenvalue weighted by Crippen LogP contribution is -2.46. The molecule has 1 heterocycles. The van der Waals surface area contributed by atoms with Crippen LogP contribution < -0.4 is 4.90 Å². The van der Waals surface area contributed by atoms with Crippen molar-refractivity contribution in [3.05, 3.63) is 65.7 Å². The van der Waals surface area contributed by atoms with Gasteiger partial charge in [0, 0.05) is 51.8 Å². The first-order valence-corrected chi connectivity index (χ1v) is 10.9. The summed E-state index contributed by atoms with van der Waals surface area (Å²) >= 11 is 0. The Bertz CT molecular complexity index is 830. The van der Waals surface area contributed by atoms with Crippen LogP contribution in [0, 0.1) is 0 Å². The molecular weight excluding hydrogens is 372 g/mol. The van der Waals surface area contributed by atoms with E-state index in [1.54, 1.807) is 6.92 Å². The Morgan fingerprint density at radius 2 is 1.70 bits per heavy atom. The van der Waals surface area contributed by atoms with Crippen molar-refractivity contribution in [1.29, 1.82) is 0 Å². The third-order valence-electron chi connectivity index (χ3n) is 6.36. The second kappa shape index (κ2) is 9.22. The van der Waals surface area contributed by atoms with Gasteiger partial charge < -0.3 is 14.5 Å². The van der Waals surface area contributed by atoms with Gasteiger partial charge in [0.15, 0.2) is 0 Å². The van der Waals surface area contributed by atoms with Gasteiger partial charge in [-0.15, -0.1) is 0 Å². The highest BCUT2D eigenvalue weighted by atomic mass is 16.5. The molecule has 30 heavy (non-hydrogen) atoms. The number of anilines is 1. The molecule has 0 N–H and O–H groups in total. The number of hydrogen-bond donors (Lipinski definition) is 0. The van der Waals surface area contributed by atoms with Gasteiger partial charge in [-0.05, 0) is 56.4 Å². The molecule has 3 rings (SSSR count). The Morgan fingerprint density at radius 1 is 1.03 bits per heavy atom. The van der Waals surface area contributed by atoms with E-state index in [1.165, 1.54) is 16.8 Å². The minimum absolute atomic E-state index is 0.0109. The minimum atomic E-state index is -0.168. The summed E-state index contributed by atoms with van der Waals surface area (Å²) in [5.41, 5.74) is 3.57. The van der Waals surface area contributed by atoms with E-state index >= 15 is 0 Å². The Kier molecular flexibility index (Phi) is 6.87. The van der Waals surface area contributed by atoms with Crippen molar-refractivity contribution in [2.45, 2.75) is 57.6 Å². The zero-order valence-corrected chi connectivity index (χ0v) is 19.1. The summed E-state index contributed by atoms with van der Waals surface area (Å²) in [7, 11) is 4.13. The van der Waals surface area contributed by atoms with Gasteiger partial charge in [-0.3, -0.25) is 4.79 Å². The number of carbonyl (C=O) groups is 1. The summed E-state index contributed by atoms with van der Waals surface area (Å²) in [6.45, 7) is 8.20. The Morgan fingerprint density at radius 3 is 2.27 bits per heavy atom. The van der Waals surface area contributed by atoms with Crippen molar-refractivity contribution in [3.8, 4) is 0 Å². The molecule has 1 saturated heterocycles. The standard InChI is InChI=1S/C26H36N2O2/c1-21(29)28(19-22-9-7-6-8-10-22)17-15-26(16-18-30-25(2,3)20-26)23-11-13-24(14-12-23)27(4)5/h6-14H,15-20H2,1-5H3. The number of hydrogen-bond acceptors (Lipinski definition) is 3. The van der Waals surface area contributed by atoms with E-state index in [4.69, 9.17) is 4.74 Å². The third-order valence-corrected chi connectivity index (χ3v) is 6.36. The largest absolute Gasteiger partial charge is 0.378 e. The average Bonchev–Trinajstić information content (AvgIpc) is 2.71. The SMILES string of the molecule is CC(=O)N(CCC1(c2ccc(N(C)C)cc2)CCOC(C)(C)C1)Cc1ccccc1. The van der Waals surface area contributed by atoms with Crippen LogP contribution in [-0.4, -0.2) is 43.7 Å². The highest BCUT2D eigenvalue weighted by Crippen LogP contribution is 2.44. The summed E-state index contributed by atoms with van der Waals surface area (Å²) in [5, 5.41) is 0. The fourth-order valence-corrected chi connectivity index (χ4v) is 4.69. The molecule has 1 amide bonds. The fraction of sp³-hybridized carbons (Fsp3) is 0.500. The van der Waals surface area contributed by atoms with Crippen molar-refractivity contribution in [2.24, 2.45) is 0 Å². The number of carbonyl (C=O) groups excluding carboxylic acids is 1. The van der Waals surface area contributed by atoms with Gasteiger partial charge in [-0.2, -0.15) is 0 Å². The van der Waals surface area contributed by atoms with Gasteiger partial charge in [0.1, 0.15) is 0 Å². The van der Waals surface area contributed by atoms with Gasteiger partial charge in [-0.25, -0.2) is 0 Å². The van der Waals surface area contributed by atoms with Crippen LogP contribution in [0.1, 0.15) is 51.2 Å². The minimum Gasteiger partial charge on any atom is -0.378 e. The monoisotopic (exact) mass is 408 g/mol. The lowest BCUT2D eigenvalue weighted by atomic mass is 9.67. The van der Waals surface area contributed by atoms with E-state index in [0.717, 1.165) is 32.4 Å². The van der Waals surface area contributed by atoms with Crippen LogP contribution in [-0.2, 0) is 21.5 Å². The quantitative estimate of drug-likeness (QED) is 0.645. The molecule has 4 nitrogen and oxygen atoms in total. The normalized spacial score (nSPS) is 20.6. The Hall–Kier alpha value is -2.33. The Balaban J connectivity index is 1.84. The summed E-state index contributed by atoms with van der Waals surface area (Å²) in [4.78, 5) is 16.5. The maximum atomic E-state index is 12.4. The van der Waals surface area contributed by atoms with Crippen molar-refractivity contribution in [2.75, 3.05) is 32.1 Å². The zero-order valence-electron chi connectivity index (χ0n) is 19.1. The molecule has 0 aliphatic carbocycles. The van der Waals surface area contributed by atoms with Crippen LogP contribution in [0.4, 0.5) is 5.69 Å². The molecule has 1 aliphatic rings. The van der Waals surface area contributed by atoms with Crippen molar-refractivity contribution >= 4 is 11.6 Å². The molecule has 1 atom stereocenters. The molecule has 162 valence electrons. The number of amides is 1. The lowest BCUT2D eigenvalue weighted by molar-refractivity contribution is -0.130. The summed E-state index contributed by atoms with van der Waals surface area (Å²) in [6, 6.07) is 19.2. The van der Waals surface area contributed by atoms with Crippen molar-refractivity contribution in [3.63, 3.8) is 0 Å². The summed E-state index contributed by atoms with van der Waals surface area (Å²) in [5.74, 6) is 0.128. The van der Waals surface area contributed by atoms with E-state index in [9.17, 15) is 4.79 Å². The number of ether oxygens (including phenoxy) is 1. The predicted octanol–water partition coefficient (Wildman–Crippen LogP) is 5.02. The molecule has 0 radical (unpaired) electrons. The number of nitrogens with zero attached hydrogens (tertiary/aromatic N) is 2. The molecule has 0 saturated carbocycles. The lowest BCUT2D eigenvalue weighted by Gasteiger charge is -2.46. The first kappa shape index (κ1) is 22.4. The maximum absolute atomic E-state index is 12.4. The highest BCUT2D eigenvalue weighted by molar-refractivity contribution is 5.73. The van der Waals surface area contributed by atoms with Gasteiger partial charge in [0.2, 0.25) is 5.91 Å². The molecule has 0 bridgehead atoms. The molecular formula is C26H36N2O2. The van der Waals surface area contributed by atoms with E-state index < -0.39 is 0 Å². The first-order chi connectivity index (χ1) is 14.2. The van der Waals surface area contributed by atoms with Gasteiger partial charge in [0.05, 0.1) is 5.60 Å². The first-order valence-electron chi connectivity index (χ1n) is 10.9.